The lowest BCUT2D eigenvalue weighted by Crippen LogP contribution is -2.48. The lowest BCUT2D eigenvalue weighted by molar-refractivity contribution is -0.128. The van der Waals surface area contributed by atoms with Crippen LogP contribution in [-0.4, -0.2) is 44.1 Å². The molecule has 0 bridgehead atoms. The molecule has 1 aliphatic rings. The molecule has 9 heteroatoms. The van der Waals surface area contributed by atoms with E-state index in [1.165, 1.54) is 17.5 Å². The number of amides is 1. The Balaban J connectivity index is 2.19. The van der Waals surface area contributed by atoms with Crippen molar-refractivity contribution in [3.63, 3.8) is 0 Å². The van der Waals surface area contributed by atoms with Gasteiger partial charge in [-0.3, -0.25) is 19.6 Å². The third-order valence-corrected chi connectivity index (χ3v) is 4.24. The summed E-state index contributed by atoms with van der Waals surface area (Å²) < 4.78 is 22.9. The summed E-state index contributed by atoms with van der Waals surface area (Å²) in [7, 11) is -3.68. The molecular weight excluding hydrogens is 326 g/mol. The van der Waals surface area contributed by atoms with E-state index < -0.39 is 15.9 Å². The molecule has 0 fully saturated rings. The third kappa shape index (κ3) is 4.58. The van der Waals surface area contributed by atoms with Crippen LogP contribution in [0.4, 0.5) is 0 Å². The molecule has 0 saturated carbocycles. The molecule has 0 spiro atoms. The van der Waals surface area contributed by atoms with E-state index >= 15 is 0 Å². The van der Waals surface area contributed by atoms with Crippen molar-refractivity contribution in [3.05, 3.63) is 34.2 Å². The summed E-state index contributed by atoms with van der Waals surface area (Å²) in [6, 6.07) is 3.34. The minimum absolute atomic E-state index is 0.334. The van der Waals surface area contributed by atoms with E-state index in [2.05, 4.69) is 9.82 Å². The molecule has 7 nitrogen and oxygen atoms in total. The van der Waals surface area contributed by atoms with Crippen LogP contribution >= 0.6 is 11.3 Å². The van der Waals surface area contributed by atoms with Gasteiger partial charge in [0, 0.05) is 18.0 Å². The van der Waals surface area contributed by atoms with Crippen LogP contribution < -0.4 is 4.83 Å². The monoisotopic (exact) mass is 341 g/mol. The largest absolute Gasteiger partial charge is 0.291 e. The van der Waals surface area contributed by atoms with Gasteiger partial charge in [-0.05, 0) is 24.3 Å². The average molecular weight is 341 g/mol. The van der Waals surface area contributed by atoms with E-state index in [1.807, 2.05) is 0 Å². The summed E-state index contributed by atoms with van der Waals surface area (Å²) in [6.07, 6.45) is 5.04. The first-order valence-corrected chi connectivity index (χ1v) is 9.20. The smallest absolute Gasteiger partial charge is 0.266 e. The topological polar surface area (TPSA) is 95.9 Å². The lowest BCUT2D eigenvalue weighted by Gasteiger charge is -2.22. The molecule has 1 N–H and O–H groups in total. The zero-order valence-corrected chi connectivity index (χ0v) is 13.5. The van der Waals surface area contributed by atoms with Crippen LogP contribution in [0.5, 0.6) is 0 Å². The summed E-state index contributed by atoms with van der Waals surface area (Å²) in [5.74, 6) is -0.897. The number of aliphatic imine (C=N–C) groups is 1. The Hall–Kier alpha value is -1.84. The van der Waals surface area contributed by atoms with Gasteiger partial charge in [-0.2, -0.15) is 0 Å². The molecule has 0 unspecified atom stereocenters. The normalized spacial score (nSPS) is 14.5. The van der Waals surface area contributed by atoms with Crippen molar-refractivity contribution in [2.45, 2.75) is 12.8 Å². The first-order valence-electron chi connectivity index (χ1n) is 6.43. The van der Waals surface area contributed by atoms with Crippen molar-refractivity contribution >= 4 is 39.3 Å². The molecule has 22 heavy (non-hydrogen) atoms. The van der Waals surface area contributed by atoms with Gasteiger partial charge in [-0.15, -0.1) is 16.2 Å². The van der Waals surface area contributed by atoms with E-state index in [4.69, 9.17) is 0 Å². The molecule has 2 rings (SSSR count). The Morgan fingerprint density at radius 3 is 2.77 bits per heavy atom. The van der Waals surface area contributed by atoms with Crippen LogP contribution in [0.2, 0.25) is 0 Å². The number of sulfonamides is 1. The molecule has 1 aromatic rings. The maximum absolute atomic E-state index is 12.4. The standard InChI is InChI=1S/C13H15N3O4S2/c1-22(19,20)15-16(9-11(17)12-5-3-7-21-12)13(18)10-4-2-6-14-8-10/h3,5-8,15H,2,4,9H2,1H3. The number of hydrazine groups is 1. The fraction of sp³-hybridized carbons (Fsp3) is 0.308. The predicted molar refractivity (Wildman–Crippen MR) is 84.2 cm³/mol. The highest BCUT2D eigenvalue weighted by Crippen LogP contribution is 2.14. The molecule has 0 aliphatic carbocycles. The third-order valence-electron chi connectivity index (χ3n) is 2.77. The Labute approximate surface area is 132 Å². The molecule has 118 valence electrons. The van der Waals surface area contributed by atoms with Gasteiger partial charge in [-0.25, -0.2) is 8.42 Å². The molecule has 1 amide bonds. The van der Waals surface area contributed by atoms with Gasteiger partial charge in [0.2, 0.25) is 10.0 Å². The summed E-state index contributed by atoms with van der Waals surface area (Å²) in [4.78, 5) is 31.0. The van der Waals surface area contributed by atoms with Gasteiger partial charge < -0.3 is 0 Å². The first-order chi connectivity index (χ1) is 10.4. The Morgan fingerprint density at radius 2 is 2.23 bits per heavy atom. The zero-order valence-electron chi connectivity index (χ0n) is 11.9. The molecule has 0 aromatic carbocycles. The molecule has 0 saturated heterocycles. The highest BCUT2D eigenvalue weighted by atomic mass is 32.2. The number of carbonyl (C=O) groups excluding carboxylic acids is 2. The van der Waals surface area contributed by atoms with E-state index in [9.17, 15) is 18.0 Å². The van der Waals surface area contributed by atoms with E-state index in [-0.39, 0.29) is 12.3 Å². The fourth-order valence-corrected chi connectivity index (χ4v) is 3.05. The summed E-state index contributed by atoms with van der Waals surface area (Å²) in [6.45, 7) is -0.368. The zero-order chi connectivity index (χ0) is 16.2. The van der Waals surface area contributed by atoms with E-state index in [0.29, 0.717) is 23.3 Å². The number of thiophene rings is 1. The first kappa shape index (κ1) is 16.5. The number of nitrogens with zero attached hydrogens (tertiary/aromatic N) is 2. The average Bonchev–Trinajstić information content (AvgIpc) is 2.99. The summed E-state index contributed by atoms with van der Waals surface area (Å²) in [5.41, 5.74) is 0.359. The summed E-state index contributed by atoms with van der Waals surface area (Å²) in [5, 5.41) is 2.56. The van der Waals surface area contributed by atoms with Gasteiger partial charge in [0.25, 0.3) is 5.91 Å². The number of Topliss-reactive ketones (excluding diaryl/α,β-unsaturated/α-hetero) is 1. The second kappa shape index (κ2) is 6.95. The molecule has 1 aliphatic heterocycles. The van der Waals surface area contributed by atoms with Crippen LogP contribution in [0.3, 0.4) is 0 Å². The van der Waals surface area contributed by atoms with Gasteiger partial charge in [0.15, 0.2) is 5.78 Å². The number of hydrogen-bond acceptors (Lipinski definition) is 6. The molecule has 0 radical (unpaired) electrons. The SMILES string of the molecule is CS(=O)(=O)NN(CC(=O)c1cccs1)C(=O)C1=CN=CCC1. The highest BCUT2D eigenvalue weighted by molar-refractivity contribution is 7.88. The minimum Gasteiger partial charge on any atom is -0.291 e. The van der Waals surface area contributed by atoms with Gasteiger partial charge in [-0.1, -0.05) is 6.07 Å². The van der Waals surface area contributed by atoms with Crippen LogP contribution in [0.25, 0.3) is 0 Å². The molecule has 1 aromatic heterocycles. The minimum atomic E-state index is -3.68. The second-order valence-electron chi connectivity index (χ2n) is 4.68. The maximum atomic E-state index is 12.4. The Kier molecular flexibility index (Phi) is 5.22. The predicted octanol–water partition coefficient (Wildman–Crippen LogP) is 0.972. The highest BCUT2D eigenvalue weighted by Gasteiger charge is 2.25. The van der Waals surface area contributed by atoms with Crippen molar-refractivity contribution < 1.29 is 18.0 Å². The molecule has 0 atom stereocenters. The Morgan fingerprint density at radius 1 is 1.45 bits per heavy atom. The van der Waals surface area contributed by atoms with E-state index in [1.54, 1.807) is 23.7 Å². The number of carbonyl (C=O) groups is 2. The van der Waals surface area contributed by atoms with Crippen LogP contribution in [-0.2, 0) is 14.8 Å². The molecule has 2 heterocycles. The van der Waals surface area contributed by atoms with Crippen molar-refractivity contribution in [1.29, 1.82) is 0 Å². The van der Waals surface area contributed by atoms with Gasteiger partial charge >= 0.3 is 0 Å². The lowest BCUT2D eigenvalue weighted by atomic mass is 10.1. The second-order valence-corrected chi connectivity index (χ2v) is 7.35. The maximum Gasteiger partial charge on any atom is 0.266 e. The number of hydrogen-bond donors (Lipinski definition) is 1. The summed E-state index contributed by atoms with van der Waals surface area (Å²) >= 11 is 1.24. The van der Waals surface area contributed by atoms with Crippen LogP contribution in [0.15, 0.2) is 34.3 Å². The van der Waals surface area contributed by atoms with Crippen molar-refractivity contribution in [3.8, 4) is 0 Å². The van der Waals surface area contributed by atoms with Gasteiger partial charge in [0.1, 0.15) is 6.54 Å². The van der Waals surface area contributed by atoms with Gasteiger partial charge in [0.05, 0.1) is 11.1 Å². The Bertz CT molecular complexity index is 720. The van der Waals surface area contributed by atoms with Crippen molar-refractivity contribution in [2.75, 3.05) is 12.8 Å². The quantitative estimate of drug-likeness (QED) is 0.616. The number of rotatable bonds is 6. The molecular formula is C13H15N3O4S2. The fourth-order valence-electron chi connectivity index (χ4n) is 1.84. The number of ketones is 1. The van der Waals surface area contributed by atoms with Crippen LogP contribution in [0.1, 0.15) is 22.5 Å². The number of nitrogens with one attached hydrogen (secondary N) is 1. The van der Waals surface area contributed by atoms with Crippen molar-refractivity contribution in [2.24, 2.45) is 4.99 Å². The van der Waals surface area contributed by atoms with E-state index in [0.717, 1.165) is 11.3 Å². The van der Waals surface area contributed by atoms with Crippen LogP contribution in [0, 0.1) is 0 Å². The van der Waals surface area contributed by atoms with Crippen molar-refractivity contribution in [1.82, 2.24) is 9.84 Å².